The van der Waals surface area contributed by atoms with Gasteiger partial charge in [-0.15, -0.1) is 0 Å². The van der Waals surface area contributed by atoms with Crippen molar-refractivity contribution in [3.8, 4) is 0 Å². The molecule has 2 amide bonds. The monoisotopic (exact) mass is 405 g/mol. The molecule has 0 saturated heterocycles. The molecule has 0 aromatic heterocycles. The van der Waals surface area contributed by atoms with E-state index >= 15 is 0 Å². The van der Waals surface area contributed by atoms with Gasteiger partial charge in [0, 0.05) is 37.0 Å². The fourth-order valence-corrected chi connectivity index (χ4v) is 3.71. The zero-order valence-corrected chi connectivity index (χ0v) is 16.7. The van der Waals surface area contributed by atoms with Crippen LogP contribution in [0.4, 0.5) is 11.4 Å². The van der Waals surface area contributed by atoms with E-state index < -0.39 is 10.0 Å². The van der Waals surface area contributed by atoms with Crippen molar-refractivity contribution < 1.29 is 22.7 Å². The van der Waals surface area contributed by atoms with Crippen molar-refractivity contribution in [1.29, 1.82) is 0 Å². The van der Waals surface area contributed by atoms with Gasteiger partial charge in [0.15, 0.2) is 0 Å². The minimum Gasteiger partial charge on any atom is -0.383 e. The maximum Gasteiger partial charge on any atom is 0.255 e. The molecular weight excluding hydrogens is 382 g/mol. The maximum absolute atomic E-state index is 12.4. The van der Waals surface area contributed by atoms with Gasteiger partial charge in [0.2, 0.25) is 15.9 Å². The van der Waals surface area contributed by atoms with Gasteiger partial charge in [-0.2, -0.15) is 0 Å². The highest BCUT2D eigenvalue weighted by Gasteiger charge is 2.17. The summed E-state index contributed by atoms with van der Waals surface area (Å²) in [6, 6.07) is 12.0. The number of sulfonamides is 1. The average Bonchev–Trinajstić information content (AvgIpc) is 2.61. The highest BCUT2D eigenvalue weighted by Crippen LogP contribution is 2.17. The van der Waals surface area contributed by atoms with E-state index in [0.29, 0.717) is 16.9 Å². The van der Waals surface area contributed by atoms with Crippen LogP contribution in [-0.4, -0.2) is 40.0 Å². The van der Waals surface area contributed by atoms with Crippen molar-refractivity contribution in [2.45, 2.75) is 24.8 Å². The van der Waals surface area contributed by atoms with Crippen LogP contribution in [0.15, 0.2) is 53.4 Å². The van der Waals surface area contributed by atoms with Gasteiger partial charge in [-0.3, -0.25) is 9.59 Å². The largest absolute Gasteiger partial charge is 0.383 e. The van der Waals surface area contributed by atoms with Crippen LogP contribution in [0.1, 0.15) is 24.2 Å². The van der Waals surface area contributed by atoms with Crippen LogP contribution in [0.5, 0.6) is 0 Å². The van der Waals surface area contributed by atoms with E-state index in [-0.39, 0.29) is 29.4 Å². The van der Waals surface area contributed by atoms with Gasteiger partial charge >= 0.3 is 0 Å². The first-order valence-corrected chi connectivity index (χ1v) is 10.00. The molecule has 2 rings (SSSR count). The van der Waals surface area contributed by atoms with Crippen LogP contribution in [-0.2, 0) is 19.6 Å². The first kappa shape index (κ1) is 21.5. The third-order valence-electron chi connectivity index (χ3n) is 3.64. The Labute approximate surface area is 164 Å². The summed E-state index contributed by atoms with van der Waals surface area (Å²) in [6.45, 7) is 3.34. The summed E-state index contributed by atoms with van der Waals surface area (Å²) in [5.41, 5.74) is 1.31. The smallest absolute Gasteiger partial charge is 0.255 e. The molecule has 0 unspecified atom stereocenters. The van der Waals surface area contributed by atoms with Crippen LogP contribution < -0.4 is 15.4 Å². The zero-order chi connectivity index (χ0) is 20.7. The van der Waals surface area contributed by atoms with Crippen LogP contribution in [0.25, 0.3) is 0 Å². The standard InChI is InChI=1S/C19H23N3O5S/c1-13(12-27-3)22-28(25,26)18-9-7-16(8-10-18)21-19(24)15-5-4-6-17(11-15)20-14(2)23/h4-11,13,22H,12H2,1-3H3,(H,20,23)(H,21,24)/t13-/m0/s1. The number of nitrogens with one attached hydrogen (secondary N) is 3. The Morgan fingerprint density at radius 2 is 1.71 bits per heavy atom. The molecule has 0 aliphatic rings. The number of benzene rings is 2. The number of hydrogen-bond donors (Lipinski definition) is 3. The quantitative estimate of drug-likeness (QED) is 0.623. The van der Waals surface area contributed by atoms with E-state index in [4.69, 9.17) is 4.74 Å². The molecule has 9 heteroatoms. The van der Waals surface area contributed by atoms with Crippen molar-refractivity contribution in [3.63, 3.8) is 0 Å². The molecule has 0 radical (unpaired) electrons. The number of hydrogen-bond acceptors (Lipinski definition) is 5. The summed E-state index contributed by atoms with van der Waals surface area (Å²) in [4.78, 5) is 23.6. The maximum atomic E-state index is 12.4. The molecule has 0 bridgehead atoms. The van der Waals surface area contributed by atoms with E-state index in [2.05, 4.69) is 15.4 Å². The van der Waals surface area contributed by atoms with Crippen molar-refractivity contribution in [2.75, 3.05) is 24.4 Å². The third-order valence-corrected chi connectivity index (χ3v) is 5.25. The van der Waals surface area contributed by atoms with Crippen LogP contribution in [0.2, 0.25) is 0 Å². The first-order valence-electron chi connectivity index (χ1n) is 8.51. The van der Waals surface area contributed by atoms with Crippen molar-refractivity contribution in [2.24, 2.45) is 0 Å². The lowest BCUT2D eigenvalue weighted by atomic mass is 10.2. The number of amides is 2. The van der Waals surface area contributed by atoms with E-state index in [0.717, 1.165) is 0 Å². The Hall–Kier alpha value is -2.75. The van der Waals surface area contributed by atoms with Gasteiger partial charge in [0.1, 0.15) is 0 Å². The number of methoxy groups -OCH3 is 1. The molecule has 0 aliphatic carbocycles. The molecule has 1 atom stereocenters. The molecular formula is C19H23N3O5S. The van der Waals surface area contributed by atoms with Crippen LogP contribution in [0, 0.1) is 0 Å². The zero-order valence-electron chi connectivity index (χ0n) is 15.9. The molecule has 0 heterocycles. The lowest BCUT2D eigenvalue weighted by molar-refractivity contribution is -0.114. The minimum atomic E-state index is -3.68. The molecule has 3 N–H and O–H groups in total. The summed E-state index contributed by atoms with van der Waals surface area (Å²) in [5.74, 6) is -0.613. The SMILES string of the molecule is COC[C@H](C)NS(=O)(=O)c1ccc(NC(=O)c2cccc(NC(C)=O)c2)cc1. The second-order valence-electron chi connectivity index (χ2n) is 6.22. The van der Waals surface area contributed by atoms with Crippen LogP contribution in [0.3, 0.4) is 0 Å². The second kappa shape index (κ2) is 9.45. The molecule has 2 aromatic rings. The number of rotatable bonds is 8. The normalized spacial score (nSPS) is 12.2. The predicted octanol–water partition coefficient (Wildman–Crippen LogP) is 2.21. The van der Waals surface area contributed by atoms with Crippen molar-refractivity contribution in [1.82, 2.24) is 4.72 Å². The summed E-state index contributed by atoms with van der Waals surface area (Å²) < 4.78 is 32.0. The predicted molar refractivity (Wildman–Crippen MR) is 107 cm³/mol. The summed E-state index contributed by atoms with van der Waals surface area (Å²) in [7, 11) is -2.18. The van der Waals surface area contributed by atoms with Crippen molar-refractivity contribution in [3.05, 3.63) is 54.1 Å². The topological polar surface area (TPSA) is 114 Å². The van der Waals surface area contributed by atoms with E-state index in [1.165, 1.54) is 38.3 Å². The highest BCUT2D eigenvalue weighted by molar-refractivity contribution is 7.89. The molecule has 0 fully saturated rings. The molecule has 8 nitrogen and oxygen atoms in total. The van der Waals surface area contributed by atoms with Gasteiger partial charge in [-0.1, -0.05) is 6.07 Å². The number of carbonyl (C=O) groups excluding carboxylic acids is 2. The minimum absolute atomic E-state index is 0.0844. The van der Waals surface area contributed by atoms with Gasteiger partial charge in [-0.05, 0) is 49.4 Å². The Kier molecular flexibility index (Phi) is 7.27. The van der Waals surface area contributed by atoms with Crippen LogP contribution >= 0.6 is 0 Å². The molecule has 150 valence electrons. The van der Waals surface area contributed by atoms with E-state index in [1.54, 1.807) is 31.2 Å². The van der Waals surface area contributed by atoms with Gasteiger partial charge < -0.3 is 15.4 Å². The van der Waals surface area contributed by atoms with E-state index in [9.17, 15) is 18.0 Å². The Morgan fingerprint density at radius 1 is 1.04 bits per heavy atom. The summed E-state index contributed by atoms with van der Waals surface area (Å²) in [6.07, 6.45) is 0. The number of anilines is 2. The van der Waals surface area contributed by atoms with Gasteiger partial charge in [0.05, 0.1) is 11.5 Å². The fraction of sp³-hybridized carbons (Fsp3) is 0.263. The molecule has 28 heavy (non-hydrogen) atoms. The molecule has 2 aromatic carbocycles. The van der Waals surface area contributed by atoms with Gasteiger partial charge in [0.25, 0.3) is 5.91 Å². The molecule has 0 aliphatic heterocycles. The average molecular weight is 405 g/mol. The van der Waals surface area contributed by atoms with Gasteiger partial charge in [-0.25, -0.2) is 13.1 Å². The van der Waals surface area contributed by atoms with E-state index in [1.807, 2.05) is 0 Å². The fourth-order valence-electron chi connectivity index (χ4n) is 2.48. The lowest BCUT2D eigenvalue weighted by Crippen LogP contribution is -2.35. The Bertz CT molecular complexity index is 942. The third kappa shape index (κ3) is 6.15. The number of carbonyl (C=O) groups is 2. The molecule has 0 spiro atoms. The summed E-state index contributed by atoms with van der Waals surface area (Å²) >= 11 is 0. The first-order chi connectivity index (χ1) is 13.2. The van der Waals surface area contributed by atoms with Crippen molar-refractivity contribution >= 4 is 33.2 Å². The summed E-state index contributed by atoms with van der Waals surface area (Å²) in [5, 5.41) is 5.30. The Morgan fingerprint density at radius 3 is 2.32 bits per heavy atom. The Balaban J connectivity index is 2.08. The highest BCUT2D eigenvalue weighted by atomic mass is 32.2. The lowest BCUT2D eigenvalue weighted by Gasteiger charge is -2.13. The molecule has 0 saturated carbocycles. The second-order valence-corrected chi connectivity index (χ2v) is 7.93. The number of ether oxygens (including phenoxy) is 1.